The third-order valence-electron chi connectivity index (χ3n) is 3.06. The average Bonchev–Trinajstić information content (AvgIpc) is 2.52. The fourth-order valence-corrected chi connectivity index (χ4v) is 2.53. The van der Waals surface area contributed by atoms with Gasteiger partial charge in [-0.2, -0.15) is 0 Å². The van der Waals surface area contributed by atoms with Crippen molar-refractivity contribution in [2.75, 3.05) is 7.11 Å². The first-order valence-electron chi connectivity index (χ1n) is 7.08. The summed E-state index contributed by atoms with van der Waals surface area (Å²) >= 11 is 8.78. The van der Waals surface area contributed by atoms with Crippen LogP contribution in [0.25, 0.3) is 10.9 Å². The Morgan fingerprint density at radius 1 is 1.39 bits per heavy atom. The summed E-state index contributed by atoms with van der Waals surface area (Å²) in [5.41, 5.74) is 0.915. The Balaban J connectivity index is 2.03. The Labute approximate surface area is 149 Å². The van der Waals surface area contributed by atoms with Crippen molar-refractivity contribution in [3.63, 3.8) is 0 Å². The molecule has 23 heavy (non-hydrogen) atoms. The first-order chi connectivity index (χ1) is 11.0. The molecule has 0 spiro atoms. The molecule has 2 rings (SSSR count). The molecule has 2 atom stereocenters. The number of hydrogen-bond acceptors (Lipinski definition) is 5. The topological polar surface area (TPSA) is 55.7 Å². The maximum Gasteiger partial charge on any atom is 0.146 e. The number of pyridine rings is 1. The van der Waals surface area contributed by atoms with Gasteiger partial charge in [0.05, 0.1) is 17.8 Å². The monoisotopic (exact) mass is 395 g/mol. The van der Waals surface area contributed by atoms with Gasteiger partial charge in [0.15, 0.2) is 0 Å². The van der Waals surface area contributed by atoms with Gasteiger partial charge in [-0.1, -0.05) is 17.4 Å². The van der Waals surface area contributed by atoms with E-state index < -0.39 is 0 Å². The minimum Gasteiger partial charge on any atom is -0.484 e. The van der Waals surface area contributed by atoms with Crippen molar-refractivity contribution < 1.29 is 9.57 Å². The first kappa shape index (κ1) is 17.6. The molecule has 1 heterocycles. The Morgan fingerprint density at radius 2 is 2.17 bits per heavy atom. The highest BCUT2D eigenvalue weighted by Gasteiger charge is 2.13. The zero-order valence-corrected chi connectivity index (χ0v) is 15.5. The fourth-order valence-electron chi connectivity index (χ4n) is 1.94. The van der Waals surface area contributed by atoms with Crippen LogP contribution >= 0.6 is 28.1 Å². The molecule has 5 nitrogen and oxygen atoms in total. The average molecular weight is 396 g/mol. The molecule has 0 amide bonds. The molecule has 0 aliphatic carbocycles. The van der Waals surface area contributed by atoms with E-state index >= 15 is 0 Å². The van der Waals surface area contributed by atoms with E-state index in [2.05, 4.69) is 36.2 Å². The zero-order chi connectivity index (χ0) is 16.8. The normalized spacial score (nSPS) is 13.7. The van der Waals surface area contributed by atoms with Crippen molar-refractivity contribution in [1.29, 1.82) is 0 Å². The minimum absolute atomic E-state index is 0.0368. The first-order valence-corrected chi connectivity index (χ1v) is 8.28. The van der Waals surface area contributed by atoms with Crippen LogP contribution < -0.4 is 10.1 Å². The van der Waals surface area contributed by atoms with Crippen LogP contribution in [0.2, 0.25) is 0 Å². The summed E-state index contributed by atoms with van der Waals surface area (Å²) in [6, 6.07) is 7.72. The van der Waals surface area contributed by atoms with Crippen LogP contribution in [0.1, 0.15) is 13.8 Å². The maximum absolute atomic E-state index is 5.91. The summed E-state index contributed by atoms with van der Waals surface area (Å²) in [5.74, 6) is 0.743. The second-order valence-corrected chi connectivity index (χ2v) is 6.36. The number of rotatable bonds is 6. The summed E-state index contributed by atoms with van der Waals surface area (Å²) in [7, 11) is 1.50. The maximum atomic E-state index is 5.91. The number of ether oxygens (including phenoxy) is 1. The third-order valence-corrected chi connectivity index (χ3v) is 3.94. The number of hydrogen-bond donors (Lipinski definition) is 1. The minimum atomic E-state index is -0.263. The highest BCUT2D eigenvalue weighted by atomic mass is 79.9. The van der Waals surface area contributed by atoms with Gasteiger partial charge in [-0.25, -0.2) is 0 Å². The molecule has 0 fully saturated rings. The van der Waals surface area contributed by atoms with E-state index in [1.54, 1.807) is 12.4 Å². The number of nitrogens with one attached hydrogen (secondary N) is 1. The van der Waals surface area contributed by atoms with Crippen molar-refractivity contribution in [3.05, 3.63) is 34.9 Å². The lowest BCUT2D eigenvalue weighted by Gasteiger charge is -2.19. The lowest BCUT2D eigenvalue weighted by molar-refractivity contribution is 0.214. The van der Waals surface area contributed by atoms with E-state index in [-0.39, 0.29) is 12.1 Å². The van der Waals surface area contributed by atoms with Gasteiger partial charge in [-0.3, -0.25) is 4.98 Å². The van der Waals surface area contributed by atoms with Crippen molar-refractivity contribution in [1.82, 2.24) is 10.3 Å². The van der Waals surface area contributed by atoms with Crippen LogP contribution in [-0.2, 0) is 4.84 Å². The lowest BCUT2D eigenvalue weighted by Crippen LogP contribution is -2.40. The van der Waals surface area contributed by atoms with Gasteiger partial charge in [-0.05, 0) is 54.0 Å². The molecular formula is C16H18BrN3O2S. The van der Waals surface area contributed by atoms with E-state index in [4.69, 9.17) is 17.0 Å². The van der Waals surface area contributed by atoms with Crippen molar-refractivity contribution in [2.24, 2.45) is 5.16 Å². The van der Waals surface area contributed by atoms with Crippen molar-refractivity contribution >= 4 is 50.3 Å². The number of oxime groups is 1. The number of thiocarbonyl (C=S) groups is 1. The Bertz CT molecular complexity index is 724. The molecule has 0 saturated heterocycles. The van der Waals surface area contributed by atoms with Crippen LogP contribution in [0.4, 0.5) is 0 Å². The number of aromatic nitrogens is 1. The van der Waals surface area contributed by atoms with Crippen molar-refractivity contribution in [3.8, 4) is 5.75 Å². The van der Waals surface area contributed by atoms with Gasteiger partial charge in [0.2, 0.25) is 0 Å². The molecule has 1 aromatic heterocycles. The van der Waals surface area contributed by atoms with Gasteiger partial charge in [0.25, 0.3) is 0 Å². The van der Waals surface area contributed by atoms with E-state index in [9.17, 15) is 0 Å². The van der Waals surface area contributed by atoms with Crippen LogP contribution in [0, 0.1) is 0 Å². The molecule has 2 aromatic rings. The van der Waals surface area contributed by atoms with Gasteiger partial charge in [0.1, 0.15) is 24.0 Å². The lowest BCUT2D eigenvalue weighted by atomic mass is 10.2. The Morgan fingerprint density at radius 3 is 2.91 bits per heavy atom. The molecule has 0 saturated carbocycles. The van der Waals surface area contributed by atoms with E-state index in [0.29, 0.717) is 4.99 Å². The molecule has 0 aliphatic heterocycles. The highest BCUT2D eigenvalue weighted by Crippen LogP contribution is 2.23. The van der Waals surface area contributed by atoms with Gasteiger partial charge >= 0.3 is 0 Å². The Kier molecular flexibility index (Phi) is 6.29. The predicted molar refractivity (Wildman–Crippen MR) is 100 cm³/mol. The molecular weight excluding hydrogens is 378 g/mol. The summed E-state index contributed by atoms with van der Waals surface area (Å²) in [6.07, 6.45) is 3.15. The molecule has 2 unspecified atom stereocenters. The SMILES string of the molecule is CON=CC(C)NC(=S)C(C)Oc1ccc2ncc(Br)cc2c1. The van der Waals surface area contributed by atoms with Gasteiger partial charge in [-0.15, -0.1) is 0 Å². The van der Waals surface area contributed by atoms with Crippen LogP contribution in [0.5, 0.6) is 5.75 Å². The van der Waals surface area contributed by atoms with E-state index in [1.807, 2.05) is 38.1 Å². The number of nitrogens with zero attached hydrogens (tertiary/aromatic N) is 2. The third kappa shape index (κ3) is 5.14. The second kappa shape index (κ2) is 8.21. The van der Waals surface area contributed by atoms with Gasteiger partial charge in [0, 0.05) is 16.1 Å². The number of halogens is 1. The number of fused-ring (bicyclic) bond motifs is 1. The highest BCUT2D eigenvalue weighted by molar-refractivity contribution is 9.10. The van der Waals surface area contributed by atoms with Crippen LogP contribution in [0.3, 0.4) is 0 Å². The number of benzene rings is 1. The molecule has 122 valence electrons. The molecule has 0 aliphatic rings. The largest absolute Gasteiger partial charge is 0.484 e. The molecule has 1 N–H and O–H groups in total. The van der Waals surface area contributed by atoms with Crippen LogP contribution in [0.15, 0.2) is 40.1 Å². The quantitative estimate of drug-likeness (QED) is 0.459. The fraction of sp³-hybridized carbons (Fsp3) is 0.312. The molecule has 0 bridgehead atoms. The van der Waals surface area contributed by atoms with Crippen molar-refractivity contribution in [2.45, 2.75) is 26.0 Å². The molecule has 1 aromatic carbocycles. The summed E-state index contributed by atoms with van der Waals surface area (Å²) in [6.45, 7) is 3.83. The standard InChI is InChI=1S/C16H18BrN3O2S/c1-10(8-19-21-3)20-16(23)11(2)22-14-4-5-15-12(7-14)6-13(17)9-18-15/h4-11H,1-3H3,(H,20,23). The Hall–Kier alpha value is -1.73. The smallest absolute Gasteiger partial charge is 0.146 e. The summed E-state index contributed by atoms with van der Waals surface area (Å²) in [4.78, 5) is 9.59. The van der Waals surface area contributed by atoms with E-state index in [1.165, 1.54) is 7.11 Å². The zero-order valence-electron chi connectivity index (χ0n) is 13.1. The molecule has 0 radical (unpaired) electrons. The summed E-state index contributed by atoms with van der Waals surface area (Å²) in [5, 5.41) is 7.85. The molecule has 7 heteroatoms. The van der Waals surface area contributed by atoms with Gasteiger partial charge < -0.3 is 14.9 Å². The summed E-state index contributed by atoms with van der Waals surface area (Å²) < 4.78 is 6.84. The second-order valence-electron chi connectivity index (χ2n) is 5.00. The van der Waals surface area contributed by atoms with Crippen LogP contribution in [-0.4, -0.2) is 35.4 Å². The predicted octanol–water partition coefficient (Wildman–Crippen LogP) is 3.70. The van der Waals surface area contributed by atoms with E-state index in [0.717, 1.165) is 21.1 Å².